The summed E-state index contributed by atoms with van der Waals surface area (Å²) >= 11 is 8.08. The van der Waals surface area contributed by atoms with Crippen LogP contribution in [0.25, 0.3) is 0 Å². The third-order valence-electron chi connectivity index (χ3n) is 3.29. The van der Waals surface area contributed by atoms with E-state index in [4.69, 9.17) is 11.6 Å². The van der Waals surface area contributed by atoms with Crippen molar-refractivity contribution in [2.75, 3.05) is 5.75 Å². The Labute approximate surface area is 113 Å². The van der Waals surface area contributed by atoms with Gasteiger partial charge in [0.1, 0.15) is 0 Å². The molecule has 0 amide bonds. The predicted molar refractivity (Wildman–Crippen MR) is 77.9 cm³/mol. The van der Waals surface area contributed by atoms with Crippen molar-refractivity contribution in [3.63, 3.8) is 0 Å². The lowest BCUT2D eigenvalue weighted by Crippen LogP contribution is -2.33. The lowest BCUT2D eigenvalue weighted by atomic mass is 10.2. The van der Waals surface area contributed by atoms with Gasteiger partial charge in [-0.15, -0.1) is 0 Å². The Morgan fingerprint density at radius 1 is 1.41 bits per heavy atom. The fourth-order valence-corrected chi connectivity index (χ4v) is 3.91. The molecule has 0 spiro atoms. The molecule has 1 fully saturated rings. The van der Waals surface area contributed by atoms with Crippen LogP contribution in [0.5, 0.6) is 0 Å². The Morgan fingerprint density at radius 3 is 3.06 bits per heavy atom. The van der Waals surface area contributed by atoms with Crippen LogP contribution in [0, 0.1) is 0 Å². The minimum atomic E-state index is 0.680. The highest BCUT2D eigenvalue weighted by atomic mass is 35.5. The van der Waals surface area contributed by atoms with Crippen LogP contribution >= 0.6 is 23.4 Å². The Morgan fingerprint density at radius 2 is 2.29 bits per heavy atom. The van der Waals surface area contributed by atoms with Crippen molar-refractivity contribution in [1.29, 1.82) is 0 Å². The average Bonchev–Trinajstić information content (AvgIpc) is 2.75. The molecule has 1 aromatic carbocycles. The largest absolute Gasteiger partial charge is 0.309 e. The van der Waals surface area contributed by atoms with Gasteiger partial charge in [-0.1, -0.05) is 37.1 Å². The molecule has 1 saturated carbocycles. The number of benzene rings is 1. The number of nitrogens with one attached hydrogen (secondary N) is 1. The van der Waals surface area contributed by atoms with E-state index in [1.54, 1.807) is 0 Å². The monoisotopic (exact) mass is 269 g/mol. The summed E-state index contributed by atoms with van der Waals surface area (Å²) < 4.78 is 0. The maximum atomic E-state index is 5.99. The van der Waals surface area contributed by atoms with Gasteiger partial charge >= 0.3 is 0 Å². The molecule has 1 aliphatic rings. The molecule has 0 heterocycles. The highest BCUT2D eigenvalue weighted by Gasteiger charge is 2.26. The van der Waals surface area contributed by atoms with Crippen LogP contribution in [0.15, 0.2) is 24.3 Å². The van der Waals surface area contributed by atoms with E-state index in [-0.39, 0.29) is 0 Å². The van der Waals surface area contributed by atoms with E-state index < -0.39 is 0 Å². The SMILES string of the molecule is CCSC1CCCC1NCc1cccc(Cl)c1. The molecular weight excluding hydrogens is 250 g/mol. The Balaban J connectivity index is 1.85. The molecule has 1 aromatic rings. The molecule has 1 aliphatic carbocycles. The first-order chi connectivity index (χ1) is 8.29. The molecule has 1 nitrogen and oxygen atoms in total. The van der Waals surface area contributed by atoms with Crippen LogP contribution in [0.4, 0.5) is 0 Å². The van der Waals surface area contributed by atoms with E-state index >= 15 is 0 Å². The van der Waals surface area contributed by atoms with Crippen molar-refractivity contribution in [3.05, 3.63) is 34.9 Å². The normalized spacial score (nSPS) is 24.1. The lowest BCUT2D eigenvalue weighted by Gasteiger charge is -2.20. The second-order valence-electron chi connectivity index (χ2n) is 4.54. The third-order valence-corrected chi connectivity index (χ3v) is 4.85. The Bertz CT molecular complexity index is 356. The number of hydrogen-bond acceptors (Lipinski definition) is 2. The highest BCUT2D eigenvalue weighted by Crippen LogP contribution is 2.30. The first-order valence-corrected chi connectivity index (χ1v) is 7.81. The van der Waals surface area contributed by atoms with E-state index in [0.717, 1.165) is 16.8 Å². The summed E-state index contributed by atoms with van der Waals surface area (Å²) in [7, 11) is 0. The maximum Gasteiger partial charge on any atom is 0.0409 e. The molecule has 0 saturated heterocycles. The fourth-order valence-electron chi connectivity index (χ4n) is 2.47. The summed E-state index contributed by atoms with van der Waals surface area (Å²) in [6.45, 7) is 3.18. The van der Waals surface area contributed by atoms with Crippen molar-refractivity contribution in [1.82, 2.24) is 5.32 Å². The zero-order valence-electron chi connectivity index (χ0n) is 10.3. The molecule has 17 heavy (non-hydrogen) atoms. The molecule has 2 rings (SSSR count). The zero-order valence-corrected chi connectivity index (χ0v) is 11.9. The summed E-state index contributed by atoms with van der Waals surface area (Å²) in [5.74, 6) is 1.22. The fraction of sp³-hybridized carbons (Fsp3) is 0.571. The van der Waals surface area contributed by atoms with Crippen LogP contribution in [-0.2, 0) is 6.54 Å². The van der Waals surface area contributed by atoms with Gasteiger partial charge in [-0.05, 0) is 36.3 Å². The standard InChI is InChI=1S/C14H20ClNS/c1-2-17-14-8-4-7-13(14)16-10-11-5-3-6-12(15)9-11/h3,5-6,9,13-14,16H,2,4,7-8,10H2,1H3. The second-order valence-corrected chi connectivity index (χ2v) is 6.49. The van der Waals surface area contributed by atoms with Gasteiger partial charge in [-0.25, -0.2) is 0 Å². The minimum Gasteiger partial charge on any atom is -0.309 e. The number of rotatable bonds is 5. The van der Waals surface area contributed by atoms with Crippen molar-refractivity contribution in [2.24, 2.45) is 0 Å². The number of hydrogen-bond donors (Lipinski definition) is 1. The van der Waals surface area contributed by atoms with E-state index in [1.165, 1.54) is 30.6 Å². The summed E-state index contributed by atoms with van der Waals surface area (Å²) in [5.41, 5.74) is 1.28. The summed E-state index contributed by atoms with van der Waals surface area (Å²) in [6.07, 6.45) is 4.05. The van der Waals surface area contributed by atoms with Crippen LogP contribution in [0.2, 0.25) is 5.02 Å². The molecular formula is C14H20ClNS. The minimum absolute atomic E-state index is 0.680. The molecule has 2 unspecified atom stereocenters. The predicted octanol–water partition coefficient (Wildman–Crippen LogP) is 4.10. The Hall–Kier alpha value is -0.180. The van der Waals surface area contributed by atoms with Gasteiger partial charge in [0.2, 0.25) is 0 Å². The quantitative estimate of drug-likeness (QED) is 0.864. The van der Waals surface area contributed by atoms with Gasteiger partial charge in [0, 0.05) is 22.9 Å². The molecule has 0 aliphatic heterocycles. The van der Waals surface area contributed by atoms with Gasteiger partial charge in [0.05, 0.1) is 0 Å². The van der Waals surface area contributed by atoms with E-state index in [2.05, 4.69) is 30.1 Å². The van der Waals surface area contributed by atoms with Crippen LogP contribution in [0.1, 0.15) is 31.7 Å². The molecule has 1 N–H and O–H groups in total. The zero-order chi connectivity index (χ0) is 12.1. The lowest BCUT2D eigenvalue weighted by molar-refractivity contribution is 0.532. The molecule has 2 atom stereocenters. The van der Waals surface area contributed by atoms with Crippen LogP contribution < -0.4 is 5.32 Å². The molecule has 0 bridgehead atoms. The summed E-state index contributed by atoms with van der Waals surface area (Å²) in [5, 5.41) is 5.31. The van der Waals surface area contributed by atoms with E-state index in [9.17, 15) is 0 Å². The van der Waals surface area contributed by atoms with Crippen molar-refractivity contribution in [3.8, 4) is 0 Å². The average molecular weight is 270 g/mol. The van der Waals surface area contributed by atoms with E-state index in [1.807, 2.05) is 18.2 Å². The molecule has 3 heteroatoms. The van der Waals surface area contributed by atoms with Crippen molar-refractivity contribution >= 4 is 23.4 Å². The van der Waals surface area contributed by atoms with Gasteiger partial charge in [-0.2, -0.15) is 11.8 Å². The molecule has 0 aromatic heterocycles. The number of halogens is 1. The van der Waals surface area contributed by atoms with E-state index in [0.29, 0.717) is 6.04 Å². The Kier molecular flexibility index (Phi) is 5.20. The third kappa shape index (κ3) is 3.90. The number of thioether (sulfide) groups is 1. The van der Waals surface area contributed by atoms with Gasteiger partial charge in [0.15, 0.2) is 0 Å². The van der Waals surface area contributed by atoms with Gasteiger partial charge in [-0.3, -0.25) is 0 Å². The van der Waals surface area contributed by atoms with Crippen molar-refractivity contribution in [2.45, 2.75) is 44.0 Å². The molecule has 94 valence electrons. The second kappa shape index (κ2) is 6.67. The first kappa shape index (κ1) is 13.3. The first-order valence-electron chi connectivity index (χ1n) is 6.39. The maximum absolute atomic E-state index is 5.99. The summed E-state index contributed by atoms with van der Waals surface area (Å²) in [4.78, 5) is 0. The van der Waals surface area contributed by atoms with Crippen LogP contribution in [0.3, 0.4) is 0 Å². The van der Waals surface area contributed by atoms with Gasteiger partial charge < -0.3 is 5.32 Å². The summed E-state index contributed by atoms with van der Waals surface area (Å²) in [6, 6.07) is 8.81. The van der Waals surface area contributed by atoms with Crippen LogP contribution in [-0.4, -0.2) is 17.0 Å². The topological polar surface area (TPSA) is 12.0 Å². The van der Waals surface area contributed by atoms with Gasteiger partial charge in [0.25, 0.3) is 0 Å². The molecule has 0 radical (unpaired) electrons. The smallest absolute Gasteiger partial charge is 0.0409 e. The van der Waals surface area contributed by atoms with Crippen molar-refractivity contribution < 1.29 is 0 Å². The highest BCUT2D eigenvalue weighted by molar-refractivity contribution is 7.99.